The Bertz CT molecular complexity index is 702. The van der Waals surface area contributed by atoms with Gasteiger partial charge in [-0.1, -0.05) is 44.2 Å². The van der Waals surface area contributed by atoms with Gasteiger partial charge in [0.2, 0.25) is 0 Å². The Morgan fingerprint density at radius 1 is 1.25 bits per heavy atom. The number of thiocarbonyl (C=S) groups is 1. The molecule has 1 aromatic heterocycles. The average Bonchev–Trinajstić information content (AvgIpc) is 2.81. The predicted octanol–water partition coefficient (Wildman–Crippen LogP) is 3.76. The molecule has 0 amide bonds. The van der Waals surface area contributed by atoms with Crippen LogP contribution in [0.2, 0.25) is 0 Å². The Morgan fingerprint density at radius 2 is 1.96 bits per heavy atom. The number of benzene rings is 1. The van der Waals surface area contributed by atoms with Crippen molar-refractivity contribution in [1.82, 2.24) is 15.3 Å². The smallest absolute Gasteiger partial charge is 0.187 e. The second-order valence-electron chi connectivity index (χ2n) is 6.37. The molecule has 0 radical (unpaired) electrons. The Morgan fingerprint density at radius 3 is 2.62 bits per heavy atom. The van der Waals surface area contributed by atoms with E-state index in [4.69, 9.17) is 12.2 Å². The Labute approximate surface area is 150 Å². The minimum Gasteiger partial charge on any atom is -0.357 e. The van der Waals surface area contributed by atoms with Crippen molar-refractivity contribution < 1.29 is 0 Å². The summed E-state index contributed by atoms with van der Waals surface area (Å²) in [5.74, 6) is 0.618. The second kappa shape index (κ2) is 8.64. The highest BCUT2D eigenvalue weighted by molar-refractivity contribution is 7.80. The summed E-state index contributed by atoms with van der Waals surface area (Å²) >= 11 is 5.25. The molecule has 0 atom stereocenters. The van der Waals surface area contributed by atoms with Gasteiger partial charge >= 0.3 is 0 Å². The summed E-state index contributed by atoms with van der Waals surface area (Å²) in [6.45, 7) is 10.4. The van der Waals surface area contributed by atoms with Crippen molar-refractivity contribution in [2.75, 3.05) is 0 Å². The first-order chi connectivity index (χ1) is 11.5. The minimum atomic E-state index is 0.520. The molecular weight excluding hydrogens is 316 g/mol. The zero-order chi connectivity index (χ0) is 17.5. The maximum absolute atomic E-state index is 5.25. The van der Waals surface area contributed by atoms with Crippen molar-refractivity contribution >= 4 is 23.5 Å². The number of aromatic nitrogens is 1. The van der Waals surface area contributed by atoms with Gasteiger partial charge in [-0.15, -0.1) is 0 Å². The number of rotatable bonds is 6. The van der Waals surface area contributed by atoms with Crippen molar-refractivity contribution in [3.8, 4) is 0 Å². The molecule has 0 bridgehead atoms. The van der Waals surface area contributed by atoms with E-state index in [0.29, 0.717) is 17.6 Å². The fourth-order valence-electron chi connectivity index (χ4n) is 2.58. The highest BCUT2D eigenvalue weighted by Gasteiger charge is 2.08. The van der Waals surface area contributed by atoms with E-state index in [1.54, 1.807) is 0 Å². The van der Waals surface area contributed by atoms with E-state index < -0.39 is 0 Å². The summed E-state index contributed by atoms with van der Waals surface area (Å²) in [7, 11) is 0. The van der Waals surface area contributed by atoms with Gasteiger partial charge in [0.25, 0.3) is 0 Å². The molecule has 1 aromatic carbocycles. The van der Waals surface area contributed by atoms with Gasteiger partial charge in [0.05, 0.1) is 6.21 Å². The molecule has 0 aliphatic heterocycles. The maximum atomic E-state index is 5.25. The van der Waals surface area contributed by atoms with E-state index in [1.807, 2.05) is 24.4 Å². The number of hydrogen-bond donors (Lipinski definition) is 2. The highest BCUT2D eigenvalue weighted by Crippen LogP contribution is 2.15. The quantitative estimate of drug-likeness (QED) is 0.477. The Kier molecular flexibility index (Phi) is 6.55. The van der Waals surface area contributed by atoms with Crippen LogP contribution in [-0.2, 0) is 13.1 Å². The van der Waals surface area contributed by atoms with Crippen molar-refractivity contribution in [2.45, 2.75) is 40.8 Å². The molecule has 1 heterocycles. The van der Waals surface area contributed by atoms with E-state index >= 15 is 0 Å². The molecule has 2 rings (SSSR count). The number of hydrazone groups is 1. The summed E-state index contributed by atoms with van der Waals surface area (Å²) < 4.78 is 2.33. The molecule has 0 aliphatic rings. The molecule has 128 valence electrons. The van der Waals surface area contributed by atoms with Crippen molar-refractivity contribution in [3.63, 3.8) is 0 Å². The third kappa shape index (κ3) is 5.20. The van der Waals surface area contributed by atoms with Crippen LogP contribution in [0, 0.1) is 19.8 Å². The average molecular weight is 343 g/mol. The molecule has 0 saturated carbocycles. The second-order valence-corrected chi connectivity index (χ2v) is 6.78. The molecule has 0 fully saturated rings. The lowest BCUT2D eigenvalue weighted by molar-refractivity contribution is 0.509. The summed E-state index contributed by atoms with van der Waals surface area (Å²) in [6, 6.07) is 12.3. The van der Waals surface area contributed by atoms with Crippen LogP contribution >= 0.6 is 12.2 Å². The highest BCUT2D eigenvalue weighted by atomic mass is 32.1. The Balaban J connectivity index is 1.88. The van der Waals surface area contributed by atoms with Crippen LogP contribution in [0.25, 0.3) is 0 Å². The molecule has 5 heteroatoms. The van der Waals surface area contributed by atoms with Gasteiger partial charge in [-0.25, -0.2) is 0 Å². The number of aryl methyl sites for hydroxylation is 1. The van der Waals surface area contributed by atoms with Crippen LogP contribution in [0.15, 0.2) is 41.5 Å². The first-order valence-electron chi connectivity index (χ1n) is 8.25. The topological polar surface area (TPSA) is 41.4 Å². The molecule has 24 heavy (non-hydrogen) atoms. The van der Waals surface area contributed by atoms with Gasteiger partial charge in [-0.05, 0) is 43.6 Å². The first-order valence-corrected chi connectivity index (χ1v) is 8.65. The van der Waals surface area contributed by atoms with E-state index in [1.165, 1.54) is 17.0 Å². The number of nitrogens with one attached hydrogen (secondary N) is 2. The third-order valence-corrected chi connectivity index (χ3v) is 4.06. The molecule has 0 spiro atoms. The fourth-order valence-corrected chi connectivity index (χ4v) is 2.71. The maximum Gasteiger partial charge on any atom is 0.187 e. The zero-order valence-corrected chi connectivity index (χ0v) is 15.7. The summed E-state index contributed by atoms with van der Waals surface area (Å²) in [5, 5.41) is 7.92. The lowest BCUT2D eigenvalue weighted by atomic mass is 10.2. The van der Waals surface area contributed by atoms with E-state index in [9.17, 15) is 0 Å². The zero-order valence-electron chi connectivity index (χ0n) is 14.8. The molecule has 2 aromatic rings. The van der Waals surface area contributed by atoms with Crippen molar-refractivity contribution in [3.05, 3.63) is 58.9 Å². The standard InChI is InChI=1S/C19H26N4S/c1-14(2)13-23-15(3)10-18(16(23)4)12-21-22-19(24)20-11-17-8-6-5-7-9-17/h5-10,12,14H,11,13H2,1-4H3,(H2,20,22,24). The van der Waals surface area contributed by atoms with Gasteiger partial charge in [0.1, 0.15) is 0 Å². The first kappa shape index (κ1) is 18.2. The molecule has 0 unspecified atom stereocenters. The minimum absolute atomic E-state index is 0.520. The van der Waals surface area contributed by atoms with Crippen LogP contribution in [-0.4, -0.2) is 15.9 Å². The van der Waals surface area contributed by atoms with Crippen LogP contribution in [0.3, 0.4) is 0 Å². The third-order valence-electron chi connectivity index (χ3n) is 3.83. The number of hydrogen-bond acceptors (Lipinski definition) is 2. The normalized spacial score (nSPS) is 11.2. The van der Waals surface area contributed by atoms with Gasteiger partial charge < -0.3 is 9.88 Å². The number of nitrogens with zero attached hydrogens (tertiary/aromatic N) is 2. The van der Waals surface area contributed by atoms with Gasteiger partial charge in [-0.3, -0.25) is 5.43 Å². The molecule has 2 N–H and O–H groups in total. The summed E-state index contributed by atoms with van der Waals surface area (Å²) in [4.78, 5) is 0. The van der Waals surface area contributed by atoms with Crippen LogP contribution < -0.4 is 10.7 Å². The molecule has 4 nitrogen and oxygen atoms in total. The largest absolute Gasteiger partial charge is 0.357 e. The van der Waals surface area contributed by atoms with Gasteiger partial charge in [-0.2, -0.15) is 5.10 Å². The van der Waals surface area contributed by atoms with Crippen LogP contribution in [0.5, 0.6) is 0 Å². The van der Waals surface area contributed by atoms with E-state index in [2.05, 4.69) is 66.3 Å². The lowest BCUT2D eigenvalue weighted by Gasteiger charge is -2.11. The lowest BCUT2D eigenvalue weighted by Crippen LogP contribution is -2.31. The molecule has 0 aliphatic carbocycles. The molecular formula is C19H26N4S. The van der Waals surface area contributed by atoms with Gasteiger partial charge in [0, 0.05) is 30.0 Å². The van der Waals surface area contributed by atoms with Crippen LogP contribution in [0.4, 0.5) is 0 Å². The van der Waals surface area contributed by atoms with Crippen molar-refractivity contribution in [1.29, 1.82) is 0 Å². The van der Waals surface area contributed by atoms with Crippen LogP contribution in [0.1, 0.15) is 36.4 Å². The summed E-state index contributed by atoms with van der Waals surface area (Å²) in [6.07, 6.45) is 1.83. The predicted molar refractivity (Wildman–Crippen MR) is 105 cm³/mol. The van der Waals surface area contributed by atoms with E-state index in [-0.39, 0.29) is 0 Å². The fraction of sp³-hybridized carbons (Fsp3) is 0.368. The van der Waals surface area contributed by atoms with E-state index in [0.717, 1.165) is 12.1 Å². The van der Waals surface area contributed by atoms with Crippen molar-refractivity contribution in [2.24, 2.45) is 11.0 Å². The SMILES string of the molecule is Cc1cc(C=NNC(=S)NCc2ccccc2)c(C)n1CC(C)C. The summed E-state index contributed by atoms with van der Waals surface area (Å²) in [5.41, 5.74) is 7.67. The van der Waals surface area contributed by atoms with Gasteiger partial charge in [0.15, 0.2) is 5.11 Å². The Hall–Kier alpha value is -2.14. The monoisotopic (exact) mass is 342 g/mol. The molecule has 0 saturated heterocycles.